The Hall–Kier alpha value is -2.74. The van der Waals surface area contributed by atoms with E-state index in [1.165, 1.54) is 12.3 Å². The summed E-state index contributed by atoms with van der Waals surface area (Å²) in [7, 11) is 1.58. The minimum Gasteiger partial charge on any atom is -0.473 e. The van der Waals surface area contributed by atoms with Gasteiger partial charge in [0.05, 0.1) is 12.1 Å². The molecule has 3 heterocycles. The first kappa shape index (κ1) is 16.7. The third kappa shape index (κ3) is 2.96. The number of nitrogens with zero attached hydrogens (tertiary/aromatic N) is 4. The number of aliphatic imine (C=N–C) groups is 1. The van der Waals surface area contributed by atoms with Crippen molar-refractivity contribution in [3.05, 3.63) is 51.7 Å². The summed E-state index contributed by atoms with van der Waals surface area (Å²) in [6, 6.07) is 6.47. The first-order valence-corrected chi connectivity index (χ1v) is 8.45. The van der Waals surface area contributed by atoms with E-state index in [0.29, 0.717) is 25.1 Å². The molecule has 0 aliphatic carbocycles. The number of anilines is 1. The molecule has 0 saturated carbocycles. The van der Waals surface area contributed by atoms with Gasteiger partial charge < -0.3 is 14.7 Å². The average molecular weight is 358 g/mol. The van der Waals surface area contributed by atoms with Crippen molar-refractivity contribution in [2.24, 2.45) is 4.99 Å². The van der Waals surface area contributed by atoms with Gasteiger partial charge in [-0.15, -0.1) is 0 Å². The molecule has 0 bridgehead atoms. The second kappa shape index (κ2) is 6.53. The van der Waals surface area contributed by atoms with Crippen LogP contribution in [0.2, 0.25) is 0 Å². The van der Waals surface area contributed by atoms with E-state index in [9.17, 15) is 14.3 Å². The lowest BCUT2D eigenvalue weighted by Gasteiger charge is -2.17. The summed E-state index contributed by atoms with van der Waals surface area (Å²) in [5, 5.41) is 9.83. The summed E-state index contributed by atoms with van der Waals surface area (Å²) in [5.41, 5.74) is 0.766. The van der Waals surface area contributed by atoms with Gasteiger partial charge in [0.2, 0.25) is 5.88 Å². The number of hydrogen-bond acceptors (Lipinski definition) is 6. The lowest BCUT2D eigenvalue weighted by molar-refractivity contribution is 0.192. The summed E-state index contributed by atoms with van der Waals surface area (Å²) in [6.45, 7) is 1.20. The molecule has 0 unspecified atom stereocenters. The SMILES string of the molecule is C/N=C/c1cc(COc2cc3n(c(=O)n2)C[C@@H]2C[C@H](O)CN32)ccc1F. The van der Waals surface area contributed by atoms with Crippen molar-refractivity contribution >= 4 is 12.0 Å². The number of hydrogen-bond donors (Lipinski definition) is 1. The number of aromatic nitrogens is 2. The van der Waals surface area contributed by atoms with Gasteiger partial charge in [-0.25, -0.2) is 9.18 Å². The zero-order chi connectivity index (χ0) is 18.3. The minimum absolute atomic E-state index is 0.128. The minimum atomic E-state index is -0.376. The van der Waals surface area contributed by atoms with Gasteiger partial charge in [0.1, 0.15) is 18.2 Å². The summed E-state index contributed by atoms with van der Waals surface area (Å²) in [5.74, 6) is 0.588. The van der Waals surface area contributed by atoms with Crippen LogP contribution in [0.4, 0.5) is 10.2 Å². The molecule has 1 fully saturated rings. The summed E-state index contributed by atoms with van der Waals surface area (Å²) in [4.78, 5) is 22.1. The number of aliphatic hydroxyl groups is 1. The van der Waals surface area contributed by atoms with Crippen LogP contribution >= 0.6 is 0 Å². The van der Waals surface area contributed by atoms with Gasteiger partial charge in [0.25, 0.3) is 0 Å². The molecule has 2 aromatic rings. The molecule has 8 heteroatoms. The van der Waals surface area contributed by atoms with Gasteiger partial charge in [-0.2, -0.15) is 4.98 Å². The highest BCUT2D eigenvalue weighted by Gasteiger charge is 2.38. The van der Waals surface area contributed by atoms with Gasteiger partial charge in [0, 0.05) is 38.0 Å². The summed E-state index contributed by atoms with van der Waals surface area (Å²) < 4.78 is 20.9. The number of benzene rings is 1. The van der Waals surface area contributed by atoms with Crippen LogP contribution in [-0.4, -0.2) is 46.6 Å². The topological polar surface area (TPSA) is 80.0 Å². The molecule has 1 aromatic heterocycles. The maximum Gasteiger partial charge on any atom is 0.352 e. The molecule has 0 radical (unpaired) electrons. The fraction of sp³-hybridized carbons (Fsp3) is 0.389. The first-order chi connectivity index (χ1) is 12.5. The van der Waals surface area contributed by atoms with Crippen molar-refractivity contribution in [2.45, 2.75) is 31.7 Å². The van der Waals surface area contributed by atoms with E-state index in [0.717, 1.165) is 11.4 Å². The average Bonchev–Trinajstić information content (AvgIpc) is 3.13. The van der Waals surface area contributed by atoms with Crippen LogP contribution in [0.1, 0.15) is 17.5 Å². The Kier molecular flexibility index (Phi) is 4.20. The predicted molar refractivity (Wildman–Crippen MR) is 94.5 cm³/mol. The number of halogens is 1. The monoisotopic (exact) mass is 358 g/mol. The van der Waals surface area contributed by atoms with Crippen LogP contribution in [0.5, 0.6) is 5.88 Å². The Labute approximate surface area is 149 Å². The number of aliphatic hydroxyl groups excluding tert-OH is 1. The van der Waals surface area contributed by atoms with Crippen LogP contribution in [0.25, 0.3) is 0 Å². The Balaban J connectivity index is 1.54. The fourth-order valence-electron chi connectivity index (χ4n) is 3.59. The van der Waals surface area contributed by atoms with Gasteiger partial charge in [-0.3, -0.25) is 9.56 Å². The summed E-state index contributed by atoms with van der Waals surface area (Å²) >= 11 is 0. The molecule has 0 amide bonds. The fourth-order valence-corrected chi connectivity index (χ4v) is 3.59. The number of rotatable bonds is 4. The highest BCUT2D eigenvalue weighted by molar-refractivity contribution is 5.80. The van der Waals surface area contributed by atoms with E-state index in [4.69, 9.17) is 4.74 Å². The lowest BCUT2D eigenvalue weighted by atomic mass is 10.1. The first-order valence-electron chi connectivity index (χ1n) is 8.45. The maximum atomic E-state index is 13.7. The number of fused-ring (bicyclic) bond motifs is 3. The van der Waals surface area contributed by atoms with Crippen molar-refractivity contribution < 1.29 is 14.2 Å². The van der Waals surface area contributed by atoms with Crippen molar-refractivity contribution in [1.29, 1.82) is 0 Å². The Morgan fingerprint density at radius 2 is 2.27 bits per heavy atom. The van der Waals surface area contributed by atoms with Gasteiger partial charge in [-0.05, 0) is 24.1 Å². The van der Waals surface area contributed by atoms with E-state index >= 15 is 0 Å². The zero-order valence-corrected chi connectivity index (χ0v) is 14.3. The highest BCUT2D eigenvalue weighted by Crippen LogP contribution is 2.33. The van der Waals surface area contributed by atoms with Crippen molar-refractivity contribution in [3.8, 4) is 5.88 Å². The normalized spacial score (nSPS) is 21.3. The third-order valence-electron chi connectivity index (χ3n) is 4.76. The van der Waals surface area contributed by atoms with Gasteiger partial charge >= 0.3 is 5.69 Å². The molecular weight excluding hydrogens is 339 g/mol. The van der Waals surface area contributed by atoms with E-state index in [1.807, 2.05) is 4.90 Å². The molecule has 2 aliphatic rings. The largest absolute Gasteiger partial charge is 0.473 e. The van der Waals surface area contributed by atoms with Crippen LogP contribution < -0.4 is 15.3 Å². The van der Waals surface area contributed by atoms with Crippen LogP contribution in [0.3, 0.4) is 0 Å². The second-order valence-electron chi connectivity index (χ2n) is 6.57. The van der Waals surface area contributed by atoms with Crippen molar-refractivity contribution in [2.75, 3.05) is 18.5 Å². The molecule has 4 rings (SSSR count). The molecule has 136 valence electrons. The number of ether oxygens (including phenoxy) is 1. The smallest absolute Gasteiger partial charge is 0.352 e. The molecular formula is C18H19FN4O3. The van der Waals surface area contributed by atoms with Crippen LogP contribution in [-0.2, 0) is 13.2 Å². The van der Waals surface area contributed by atoms with Crippen molar-refractivity contribution in [1.82, 2.24) is 9.55 Å². The molecule has 2 atom stereocenters. The Bertz CT molecular complexity index is 927. The van der Waals surface area contributed by atoms with E-state index in [1.54, 1.807) is 29.8 Å². The second-order valence-corrected chi connectivity index (χ2v) is 6.57. The molecule has 1 saturated heterocycles. The van der Waals surface area contributed by atoms with E-state index in [-0.39, 0.29) is 36.1 Å². The Morgan fingerprint density at radius 3 is 3.08 bits per heavy atom. The lowest BCUT2D eigenvalue weighted by Crippen LogP contribution is -2.25. The van der Waals surface area contributed by atoms with Crippen molar-refractivity contribution in [3.63, 3.8) is 0 Å². The van der Waals surface area contributed by atoms with E-state index in [2.05, 4.69) is 9.98 Å². The maximum absolute atomic E-state index is 13.7. The van der Waals surface area contributed by atoms with Gasteiger partial charge in [0.15, 0.2) is 0 Å². The van der Waals surface area contributed by atoms with E-state index < -0.39 is 0 Å². The molecule has 2 aliphatic heterocycles. The van der Waals surface area contributed by atoms with Crippen LogP contribution in [0, 0.1) is 5.82 Å². The molecule has 7 nitrogen and oxygen atoms in total. The third-order valence-corrected chi connectivity index (χ3v) is 4.76. The quantitative estimate of drug-likeness (QED) is 0.824. The standard InChI is InChI=1S/C18H19FN4O3/c1-20-7-12-4-11(2-3-15(12)19)10-26-16-6-17-22-9-14(24)5-13(22)8-23(17)18(25)21-16/h2-4,6-7,13-14,24H,5,8-10H2,1H3/b20-7+/t13-,14-/m0/s1. The molecule has 1 aromatic carbocycles. The molecule has 1 N–H and O–H groups in total. The molecule has 0 spiro atoms. The van der Waals surface area contributed by atoms with Crippen LogP contribution in [0.15, 0.2) is 34.1 Å². The molecule has 26 heavy (non-hydrogen) atoms. The zero-order valence-electron chi connectivity index (χ0n) is 14.3. The summed E-state index contributed by atoms with van der Waals surface area (Å²) in [6.07, 6.45) is 1.71. The predicted octanol–water partition coefficient (Wildman–Crippen LogP) is 0.963. The highest BCUT2D eigenvalue weighted by atomic mass is 19.1. The Morgan fingerprint density at radius 1 is 1.42 bits per heavy atom. The van der Waals surface area contributed by atoms with Gasteiger partial charge in [-0.1, -0.05) is 6.07 Å².